The maximum absolute atomic E-state index is 5.90. The van der Waals surface area contributed by atoms with Crippen LogP contribution in [0.2, 0.25) is 5.02 Å². The second-order valence-electron chi connectivity index (χ2n) is 3.10. The van der Waals surface area contributed by atoms with Crippen LogP contribution < -0.4 is 16.3 Å². The Labute approximate surface area is 96.7 Å². The second kappa shape index (κ2) is 3.90. The highest BCUT2D eigenvalue weighted by Crippen LogP contribution is 2.31. The van der Waals surface area contributed by atoms with Gasteiger partial charge >= 0.3 is 0 Å². The van der Waals surface area contributed by atoms with E-state index in [1.165, 1.54) is 4.68 Å². The van der Waals surface area contributed by atoms with Gasteiger partial charge in [-0.1, -0.05) is 11.6 Å². The molecule has 0 aliphatic rings. The monoisotopic (exact) mass is 239 g/mol. The van der Waals surface area contributed by atoms with Crippen LogP contribution >= 0.6 is 11.6 Å². The zero-order chi connectivity index (χ0) is 11.7. The number of methoxy groups -OCH3 is 1. The molecule has 1 heterocycles. The van der Waals surface area contributed by atoms with Crippen LogP contribution in [0.1, 0.15) is 0 Å². The predicted molar refractivity (Wildman–Crippen MR) is 61.6 cm³/mol. The van der Waals surface area contributed by atoms with Crippen molar-refractivity contribution in [3.05, 3.63) is 23.2 Å². The third kappa shape index (κ3) is 1.63. The summed E-state index contributed by atoms with van der Waals surface area (Å²) in [5, 5.41) is 8.08. The van der Waals surface area contributed by atoms with Gasteiger partial charge in [-0.2, -0.15) is 0 Å². The summed E-state index contributed by atoms with van der Waals surface area (Å²) in [6.45, 7) is 0. The van der Waals surface area contributed by atoms with Crippen LogP contribution in [0, 0.1) is 0 Å². The Hall–Kier alpha value is -1.95. The smallest absolute Gasteiger partial charge is 0.241 e. The van der Waals surface area contributed by atoms with Gasteiger partial charge in [0.25, 0.3) is 0 Å². The lowest BCUT2D eigenvalue weighted by Crippen LogP contribution is -2.13. The van der Waals surface area contributed by atoms with Crippen molar-refractivity contribution >= 4 is 17.5 Å². The first-order chi connectivity index (χ1) is 7.63. The number of anilines is 1. The molecule has 0 bridgehead atoms. The first kappa shape index (κ1) is 10.6. The molecule has 84 valence electrons. The van der Waals surface area contributed by atoms with Crippen LogP contribution in [0.3, 0.4) is 0 Å². The molecule has 0 radical (unpaired) electrons. The van der Waals surface area contributed by atoms with Crippen LogP contribution in [-0.4, -0.2) is 22.0 Å². The number of nitrogen functional groups attached to an aromatic ring is 2. The summed E-state index contributed by atoms with van der Waals surface area (Å²) in [6, 6.07) is 5.13. The fraction of sp³-hybridized carbons (Fsp3) is 0.111. The molecular weight excluding hydrogens is 230 g/mol. The summed E-state index contributed by atoms with van der Waals surface area (Å²) < 4.78 is 6.36. The fourth-order valence-electron chi connectivity index (χ4n) is 1.34. The summed E-state index contributed by atoms with van der Waals surface area (Å²) >= 11 is 5.90. The molecular formula is C9H10ClN5O. The summed E-state index contributed by atoms with van der Waals surface area (Å²) in [4.78, 5) is 0. The predicted octanol–water partition coefficient (Wildman–Crippen LogP) is 0.903. The van der Waals surface area contributed by atoms with E-state index in [0.29, 0.717) is 22.2 Å². The molecule has 16 heavy (non-hydrogen) atoms. The van der Waals surface area contributed by atoms with Crippen LogP contribution in [-0.2, 0) is 0 Å². The molecule has 0 spiro atoms. The molecule has 1 aromatic carbocycles. The lowest BCUT2D eigenvalue weighted by atomic mass is 10.2. The molecule has 0 amide bonds. The average molecular weight is 240 g/mol. The molecule has 0 aliphatic carbocycles. The van der Waals surface area contributed by atoms with E-state index in [4.69, 9.17) is 27.9 Å². The van der Waals surface area contributed by atoms with Gasteiger partial charge < -0.3 is 16.3 Å². The van der Waals surface area contributed by atoms with Crippen molar-refractivity contribution in [1.29, 1.82) is 0 Å². The molecule has 2 aromatic rings. The van der Waals surface area contributed by atoms with E-state index < -0.39 is 0 Å². The molecule has 0 saturated carbocycles. The maximum atomic E-state index is 5.90. The van der Waals surface area contributed by atoms with Crippen molar-refractivity contribution in [1.82, 2.24) is 14.9 Å². The maximum Gasteiger partial charge on any atom is 0.241 e. The highest BCUT2D eigenvalue weighted by atomic mass is 35.5. The Morgan fingerprint density at radius 2 is 2.12 bits per heavy atom. The zero-order valence-corrected chi connectivity index (χ0v) is 9.27. The molecule has 0 aliphatic heterocycles. The molecule has 4 N–H and O–H groups in total. The van der Waals surface area contributed by atoms with Crippen molar-refractivity contribution in [3.63, 3.8) is 0 Å². The van der Waals surface area contributed by atoms with E-state index in [9.17, 15) is 0 Å². The first-order valence-electron chi connectivity index (χ1n) is 4.43. The average Bonchev–Trinajstić information content (AvgIpc) is 2.60. The van der Waals surface area contributed by atoms with Crippen molar-refractivity contribution in [2.45, 2.75) is 0 Å². The zero-order valence-electron chi connectivity index (χ0n) is 8.51. The van der Waals surface area contributed by atoms with Gasteiger partial charge in [0.2, 0.25) is 5.95 Å². The van der Waals surface area contributed by atoms with Crippen molar-refractivity contribution < 1.29 is 4.74 Å². The van der Waals surface area contributed by atoms with Gasteiger partial charge in [-0.15, -0.1) is 10.2 Å². The third-order valence-corrected chi connectivity index (χ3v) is 2.36. The van der Waals surface area contributed by atoms with E-state index in [2.05, 4.69) is 10.2 Å². The van der Waals surface area contributed by atoms with E-state index in [0.717, 1.165) is 0 Å². The van der Waals surface area contributed by atoms with Crippen molar-refractivity contribution in [2.24, 2.45) is 0 Å². The highest BCUT2D eigenvalue weighted by molar-refractivity contribution is 6.30. The van der Waals surface area contributed by atoms with Gasteiger partial charge in [0.1, 0.15) is 5.75 Å². The molecule has 0 atom stereocenters. The van der Waals surface area contributed by atoms with Crippen LogP contribution in [0.4, 0.5) is 5.95 Å². The number of halogens is 1. The van der Waals surface area contributed by atoms with E-state index in [-0.39, 0.29) is 5.95 Å². The number of hydrogen-bond donors (Lipinski definition) is 2. The molecule has 0 saturated heterocycles. The summed E-state index contributed by atoms with van der Waals surface area (Å²) in [7, 11) is 1.55. The minimum atomic E-state index is 0.122. The Bertz CT molecular complexity index is 525. The normalized spacial score (nSPS) is 10.4. The topological polar surface area (TPSA) is 92.0 Å². The van der Waals surface area contributed by atoms with Gasteiger partial charge in [0.05, 0.1) is 12.7 Å². The summed E-state index contributed by atoms with van der Waals surface area (Å²) in [5.41, 5.74) is 6.14. The lowest BCUT2D eigenvalue weighted by Gasteiger charge is -2.07. The van der Waals surface area contributed by atoms with Crippen molar-refractivity contribution in [3.8, 4) is 17.1 Å². The number of nitrogens with two attached hydrogens (primary N) is 2. The van der Waals surface area contributed by atoms with E-state index >= 15 is 0 Å². The van der Waals surface area contributed by atoms with Crippen LogP contribution in [0.25, 0.3) is 11.4 Å². The van der Waals surface area contributed by atoms with Gasteiger partial charge in [-0.3, -0.25) is 0 Å². The summed E-state index contributed by atoms with van der Waals surface area (Å²) in [5.74, 6) is 6.80. The Morgan fingerprint density at radius 3 is 2.69 bits per heavy atom. The Morgan fingerprint density at radius 1 is 1.38 bits per heavy atom. The van der Waals surface area contributed by atoms with E-state index in [1.807, 2.05) is 0 Å². The Kier molecular flexibility index (Phi) is 2.57. The second-order valence-corrected chi connectivity index (χ2v) is 3.53. The first-order valence-corrected chi connectivity index (χ1v) is 4.81. The van der Waals surface area contributed by atoms with Crippen LogP contribution in [0.15, 0.2) is 18.2 Å². The minimum Gasteiger partial charge on any atom is -0.496 e. The molecule has 6 nitrogen and oxygen atoms in total. The van der Waals surface area contributed by atoms with Crippen molar-refractivity contribution in [2.75, 3.05) is 18.7 Å². The third-order valence-electron chi connectivity index (χ3n) is 2.12. The van der Waals surface area contributed by atoms with Gasteiger partial charge in [0.15, 0.2) is 5.82 Å². The van der Waals surface area contributed by atoms with Crippen LogP contribution in [0.5, 0.6) is 5.75 Å². The standard InChI is InChI=1S/C9H10ClN5O/c1-16-7-3-2-5(10)4-6(7)8-13-14-9(11)15(8)12/h2-4H,12H2,1H3,(H2,11,14). The summed E-state index contributed by atoms with van der Waals surface area (Å²) in [6.07, 6.45) is 0. The largest absolute Gasteiger partial charge is 0.496 e. The number of hydrogen-bond acceptors (Lipinski definition) is 5. The number of benzene rings is 1. The molecule has 0 fully saturated rings. The Balaban J connectivity index is 2.62. The number of ether oxygens (including phenoxy) is 1. The molecule has 0 unspecified atom stereocenters. The molecule has 7 heteroatoms. The highest BCUT2D eigenvalue weighted by Gasteiger charge is 2.14. The van der Waals surface area contributed by atoms with Gasteiger partial charge in [-0.25, -0.2) is 4.68 Å². The van der Waals surface area contributed by atoms with Gasteiger partial charge in [0, 0.05) is 5.02 Å². The fourth-order valence-corrected chi connectivity index (χ4v) is 1.51. The van der Waals surface area contributed by atoms with E-state index in [1.54, 1.807) is 25.3 Å². The SMILES string of the molecule is COc1ccc(Cl)cc1-c1nnc(N)n1N. The van der Waals surface area contributed by atoms with Gasteiger partial charge in [-0.05, 0) is 18.2 Å². The lowest BCUT2D eigenvalue weighted by molar-refractivity contribution is 0.416. The number of rotatable bonds is 2. The number of aromatic nitrogens is 3. The molecule has 1 aromatic heterocycles. The molecule has 2 rings (SSSR count). The number of nitrogens with zero attached hydrogens (tertiary/aromatic N) is 3. The minimum absolute atomic E-state index is 0.122. The quantitative estimate of drug-likeness (QED) is 0.760.